The highest BCUT2D eigenvalue weighted by atomic mass is 32.2. The third kappa shape index (κ3) is 3.36. The van der Waals surface area contributed by atoms with Crippen molar-refractivity contribution in [2.75, 3.05) is 6.26 Å². The van der Waals surface area contributed by atoms with Crippen LogP contribution in [0.5, 0.6) is 0 Å². The molecule has 2 aromatic rings. The Morgan fingerprint density at radius 3 is 2.92 bits per heavy atom. The monoisotopic (exact) mass is 347 g/mol. The van der Waals surface area contributed by atoms with Crippen LogP contribution < -0.4 is 5.32 Å². The van der Waals surface area contributed by atoms with Crippen molar-refractivity contribution in [2.24, 2.45) is 0 Å². The highest BCUT2D eigenvalue weighted by Crippen LogP contribution is 2.19. The first-order valence-electron chi connectivity index (χ1n) is 8.02. The number of aryl methyl sites for hydroxylation is 2. The predicted octanol–water partition coefficient (Wildman–Crippen LogP) is 1.59. The van der Waals surface area contributed by atoms with Crippen LogP contribution in [-0.4, -0.2) is 36.2 Å². The molecule has 1 unspecified atom stereocenters. The van der Waals surface area contributed by atoms with E-state index in [1.165, 1.54) is 6.07 Å². The van der Waals surface area contributed by atoms with E-state index >= 15 is 0 Å². The van der Waals surface area contributed by atoms with Crippen LogP contribution in [0.3, 0.4) is 0 Å². The predicted molar refractivity (Wildman–Crippen MR) is 90.7 cm³/mol. The molecule has 1 aliphatic heterocycles. The summed E-state index contributed by atoms with van der Waals surface area (Å²) in [6.45, 7) is 2.77. The van der Waals surface area contributed by atoms with Gasteiger partial charge in [0.1, 0.15) is 5.82 Å². The van der Waals surface area contributed by atoms with Crippen LogP contribution in [0.1, 0.15) is 35.1 Å². The molecule has 1 aliphatic rings. The number of hydrogen-bond donors (Lipinski definition) is 1. The second-order valence-electron chi connectivity index (χ2n) is 6.14. The summed E-state index contributed by atoms with van der Waals surface area (Å²) in [4.78, 5) is 17.2. The Balaban J connectivity index is 1.82. The lowest BCUT2D eigenvalue weighted by molar-refractivity contribution is 0.0929. The molecule has 1 atom stereocenters. The summed E-state index contributed by atoms with van der Waals surface area (Å²) >= 11 is 0. The van der Waals surface area contributed by atoms with Gasteiger partial charge < -0.3 is 9.88 Å². The summed E-state index contributed by atoms with van der Waals surface area (Å²) in [6.07, 6.45) is 7.05. The zero-order chi connectivity index (χ0) is 17.3. The van der Waals surface area contributed by atoms with E-state index in [1.54, 1.807) is 18.3 Å². The molecule has 0 saturated carbocycles. The largest absolute Gasteiger partial charge is 0.349 e. The summed E-state index contributed by atoms with van der Waals surface area (Å²) in [5.74, 6) is 0.745. The maximum absolute atomic E-state index is 12.7. The van der Waals surface area contributed by atoms with Crippen molar-refractivity contribution in [3.8, 4) is 0 Å². The number of sulfone groups is 1. The van der Waals surface area contributed by atoms with Crippen molar-refractivity contribution >= 4 is 15.7 Å². The van der Waals surface area contributed by atoms with E-state index in [9.17, 15) is 13.2 Å². The molecule has 1 aromatic heterocycles. The first kappa shape index (κ1) is 16.7. The molecule has 1 aromatic carbocycles. The summed E-state index contributed by atoms with van der Waals surface area (Å²) in [7, 11) is -3.34. The van der Waals surface area contributed by atoms with Gasteiger partial charge in [0.2, 0.25) is 0 Å². The van der Waals surface area contributed by atoms with E-state index in [1.807, 2.05) is 13.1 Å². The van der Waals surface area contributed by atoms with Crippen molar-refractivity contribution in [3.05, 3.63) is 47.5 Å². The van der Waals surface area contributed by atoms with Crippen LogP contribution in [-0.2, 0) is 29.2 Å². The average molecular weight is 347 g/mol. The molecule has 6 nitrogen and oxygen atoms in total. The number of fused-ring (bicyclic) bond motifs is 1. The maximum atomic E-state index is 12.7. The van der Waals surface area contributed by atoms with E-state index < -0.39 is 9.84 Å². The lowest BCUT2D eigenvalue weighted by Crippen LogP contribution is -2.40. The second kappa shape index (κ2) is 6.39. The van der Waals surface area contributed by atoms with Crippen molar-refractivity contribution in [2.45, 2.75) is 43.7 Å². The minimum atomic E-state index is -3.34. The number of nitrogens with one attached hydrogen (secondary N) is 1. The van der Waals surface area contributed by atoms with Crippen LogP contribution in [0.2, 0.25) is 0 Å². The average Bonchev–Trinajstić information content (AvgIpc) is 3.01. The number of rotatable bonds is 4. The third-order valence-electron chi connectivity index (χ3n) is 4.42. The third-order valence-corrected chi connectivity index (χ3v) is 5.53. The SMILES string of the molecule is CCc1ccc(S(C)(=O)=O)cc1C(=O)NC1CCn2ccnc2C1. The molecule has 128 valence electrons. The zero-order valence-electron chi connectivity index (χ0n) is 13.8. The normalized spacial score (nSPS) is 17.3. The lowest BCUT2D eigenvalue weighted by atomic mass is 10.0. The summed E-state index contributed by atoms with van der Waals surface area (Å²) < 4.78 is 25.6. The van der Waals surface area contributed by atoms with Gasteiger partial charge in [-0.3, -0.25) is 4.79 Å². The van der Waals surface area contributed by atoms with Gasteiger partial charge in [0.25, 0.3) is 5.91 Å². The molecule has 0 saturated heterocycles. The lowest BCUT2D eigenvalue weighted by Gasteiger charge is -2.24. The number of benzene rings is 1. The number of carbonyl (C=O) groups is 1. The first-order valence-corrected chi connectivity index (χ1v) is 9.91. The molecule has 0 fully saturated rings. The fourth-order valence-corrected chi connectivity index (χ4v) is 3.69. The van der Waals surface area contributed by atoms with Crippen LogP contribution >= 0.6 is 0 Å². The highest BCUT2D eigenvalue weighted by Gasteiger charge is 2.23. The number of imidazole rings is 1. The van der Waals surface area contributed by atoms with Crippen LogP contribution in [0.4, 0.5) is 0 Å². The molecule has 7 heteroatoms. The van der Waals surface area contributed by atoms with Crippen molar-refractivity contribution in [1.82, 2.24) is 14.9 Å². The van der Waals surface area contributed by atoms with Crippen molar-refractivity contribution in [1.29, 1.82) is 0 Å². The second-order valence-corrected chi connectivity index (χ2v) is 8.16. The fraction of sp³-hybridized carbons (Fsp3) is 0.412. The van der Waals surface area contributed by atoms with Crippen LogP contribution in [0, 0.1) is 0 Å². The van der Waals surface area contributed by atoms with E-state index in [4.69, 9.17) is 0 Å². The van der Waals surface area contributed by atoms with Crippen LogP contribution in [0.25, 0.3) is 0 Å². The van der Waals surface area contributed by atoms with Gasteiger partial charge in [0.15, 0.2) is 9.84 Å². The van der Waals surface area contributed by atoms with E-state index in [0.29, 0.717) is 18.4 Å². The molecule has 0 aliphatic carbocycles. The maximum Gasteiger partial charge on any atom is 0.251 e. The minimum absolute atomic E-state index is 0.0130. The van der Waals surface area contributed by atoms with Gasteiger partial charge in [0, 0.05) is 43.2 Å². The quantitative estimate of drug-likeness (QED) is 0.911. The fourth-order valence-electron chi connectivity index (χ4n) is 3.04. The van der Waals surface area contributed by atoms with E-state index in [-0.39, 0.29) is 16.8 Å². The topological polar surface area (TPSA) is 81.1 Å². The Bertz CT molecular complexity index is 871. The molecule has 1 N–H and O–H groups in total. The Morgan fingerprint density at radius 2 is 2.21 bits per heavy atom. The van der Waals surface area contributed by atoms with E-state index in [2.05, 4.69) is 14.9 Å². The van der Waals surface area contributed by atoms with Gasteiger partial charge >= 0.3 is 0 Å². The van der Waals surface area contributed by atoms with Gasteiger partial charge in [-0.1, -0.05) is 13.0 Å². The van der Waals surface area contributed by atoms with Gasteiger partial charge in [-0.2, -0.15) is 0 Å². The molecular formula is C17H21N3O3S. The molecular weight excluding hydrogens is 326 g/mol. The smallest absolute Gasteiger partial charge is 0.251 e. The number of amides is 1. The highest BCUT2D eigenvalue weighted by molar-refractivity contribution is 7.90. The molecule has 1 amide bonds. The molecule has 2 heterocycles. The minimum Gasteiger partial charge on any atom is -0.349 e. The number of nitrogens with zero attached hydrogens (tertiary/aromatic N) is 2. The summed E-state index contributed by atoms with van der Waals surface area (Å²) in [5, 5.41) is 3.03. The van der Waals surface area contributed by atoms with Crippen molar-refractivity contribution in [3.63, 3.8) is 0 Å². The Labute approximate surface area is 141 Å². The molecule has 24 heavy (non-hydrogen) atoms. The molecule has 0 spiro atoms. The van der Waals surface area contributed by atoms with Crippen LogP contribution in [0.15, 0.2) is 35.5 Å². The molecule has 0 bridgehead atoms. The number of aromatic nitrogens is 2. The summed E-state index contributed by atoms with van der Waals surface area (Å²) in [6, 6.07) is 4.77. The van der Waals surface area contributed by atoms with Gasteiger partial charge in [-0.25, -0.2) is 13.4 Å². The Hall–Kier alpha value is -2.15. The first-order chi connectivity index (χ1) is 11.4. The van der Waals surface area contributed by atoms with Gasteiger partial charge in [-0.15, -0.1) is 0 Å². The van der Waals surface area contributed by atoms with Crippen molar-refractivity contribution < 1.29 is 13.2 Å². The van der Waals surface area contributed by atoms with E-state index in [0.717, 1.165) is 30.6 Å². The number of hydrogen-bond acceptors (Lipinski definition) is 4. The molecule has 3 rings (SSSR count). The van der Waals surface area contributed by atoms with Gasteiger partial charge in [-0.05, 0) is 30.5 Å². The summed E-state index contributed by atoms with van der Waals surface area (Å²) in [5.41, 5.74) is 1.28. The zero-order valence-corrected chi connectivity index (χ0v) is 14.6. The molecule has 0 radical (unpaired) electrons. The Kier molecular flexibility index (Phi) is 4.45. The van der Waals surface area contributed by atoms with Gasteiger partial charge in [0.05, 0.1) is 4.90 Å². The standard InChI is InChI=1S/C17H21N3O3S/c1-3-12-4-5-14(24(2,22)23)11-15(12)17(21)19-13-6-8-20-9-7-18-16(20)10-13/h4-5,7,9,11,13H,3,6,8,10H2,1-2H3,(H,19,21). The number of carbonyl (C=O) groups excluding carboxylic acids is 1. The Morgan fingerprint density at radius 1 is 1.42 bits per heavy atom.